The van der Waals surface area contributed by atoms with Crippen LogP contribution in [0.5, 0.6) is 0 Å². The lowest BCUT2D eigenvalue weighted by Crippen LogP contribution is -2.46. The molecule has 0 bridgehead atoms. The Bertz CT molecular complexity index is 154. The molecule has 2 heteroatoms. The second-order valence-corrected chi connectivity index (χ2v) is 4.47. The van der Waals surface area contributed by atoms with Crippen molar-refractivity contribution in [3.05, 3.63) is 0 Å². The number of hydrogen-bond acceptors (Lipinski definition) is 2. The molecule has 1 fully saturated rings. The van der Waals surface area contributed by atoms with Gasteiger partial charge in [-0.2, -0.15) is 0 Å². The molecule has 0 N–H and O–H groups in total. The molecule has 1 aliphatic rings. The summed E-state index contributed by atoms with van der Waals surface area (Å²) in [5.41, 5.74) is 0. The Kier molecular flexibility index (Phi) is 5.62. The van der Waals surface area contributed by atoms with Crippen LogP contribution < -0.4 is 0 Å². The molecular weight excluding hydrogens is 188 g/mol. The summed E-state index contributed by atoms with van der Waals surface area (Å²) in [4.78, 5) is 0. The van der Waals surface area contributed by atoms with Gasteiger partial charge in [0.25, 0.3) is 0 Å². The Balaban J connectivity index is 2.68. The van der Waals surface area contributed by atoms with Gasteiger partial charge in [0.05, 0.1) is 6.61 Å². The van der Waals surface area contributed by atoms with Crippen LogP contribution in [0.15, 0.2) is 0 Å². The predicted molar refractivity (Wildman–Crippen MR) is 62.8 cm³/mol. The van der Waals surface area contributed by atoms with E-state index in [0.717, 1.165) is 26.1 Å². The monoisotopic (exact) mass is 214 g/mol. The lowest BCUT2D eigenvalue weighted by atomic mass is 9.84. The van der Waals surface area contributed by atoms with Crippen LogP contribution in [-0.4, -0.2) is 19.0 Å². The predicted octanol–water partition coefficient (Wildman–Crippen LogP) is 3.75. The van der Waals surface area contributed by atoms with E-state index in [0.29, 0.717) is 5.92 Å². The van der Waals surface area contributed by atoms with Crippen molar-refractivity contribution in [3.63, 3.8) is 0 Å². The van der Waals surface area contributed by atoms with Crippen LogP contribution in [0.1, 0.15) is 59.3 Å². The standard InChI is InChI=1S/C13H26O2/c1-4-8-12-9-7-11-15-13(12,10-5-2)14-6-3/h12H,4-11H2,1-3H3. The number of hydrogen-bond donors (Lipinski definition) is 0. The summed E-state index contributed by atoms with van der Waals surface area (Å²) in [6, 6.07) is 0. The van der Waals surface area contributed by atoms with Gasteiger partial charge in [0.15, 0.2) is 5.79 Å². The van der Waals surface area contributed by atoms with Crippen molar-refractivity contribution >= 4 is 0 Å². The topological polar surface area (TPSA) is 18.5 Å². The molecule has 90 valence electrons. The van der Waals surface area contributed by atoms with E-state index in [4.69, 9.17) is 9.47 Å². The molecule has 1 heterocycles. The van der Waals surface area contributed by atoms with Crippen molar-refractivity contribution in [1.82, 2.24) is 0 Å². The highest BCUT2D eigenvalue weighted by atomic mass is 16.7. The quantitative estimate of drug-likeness (QED) is 0.670. The molecule has 0 saturated carbocycles. The first-order valence-electron chi connectivity index (χ1n) is 6.57. The maximum atomic E-state index is 5.99. The summed E-state index contributed by atoms with van der Waals surface area (Å²) >= 11 is 0. The fourth-order valence-electron chi connectivity index (χ4n) is 2.73. The molecule has 15 heavy (non-hydrogen) atoms. The first kappa shape index (κ1) is 13.0. The van der Waals surface area contributed by atoms with Crippen molar-refractivity contribution in [3.8, 4) is 0 Å². The van der Waals surface area contributed by atoms with E-state index in [1.54, 1.807) is 0 Å². The van der Waals surface area contributed by atoms with E-state index in [9.17, 15) is 0 Å². The highest BCUT2D eigenvalue weighted by molar-refractivity contribution is 4.82. The summed E-state index contributed by atoms with van der Waals surface area (Å²) in [5, 5.41) is 0. The second kappa shape index (κ2) is 6.49. The van der Waals surface area contributed by atoms with E-state index in [2.05, 4.69) is 20.8 Å². The van der Waals surface area contributed by atoms with E-state index in [1.807, 2.05) is 0 Å². The van der Waals surface area contributed by atoms with Crippen molar-refractivity contribution in [2.75, 3.05) is 13.2 Å². The van der Waals surface area contributed by atoms with Gasteiger partial charge in [-0.3, -0.25) is 0 Å². The molecule has 0 amide bonds. The van der Waals surface area contributed by atoms with E-state index in [-0.39, 0.29) is 5.79 Å². The largest absolute Gasteiger partial charge is 0.350 e. The fraction of sp³-hybridized carbons (Fsp3) is 1.00. The van der Waals surface area contributed by atoms with Crippen LogP contribution in [0.25, 0.3) is 0 Å². The first-order valence-corrected chi connectivity index (χ1v) is 6.57. The average Bonchev–Trinajstić information content (AvgIpc) is 2.23. The maximum absolute atomic E-state index is 5.99. The normalized spacial score (nSPS) is 31.8. The van der Waals surface area contributed by atoms with Gasteiger partial charge in [-0.1, -0.05) is 26.7 Å². The van der Waals surface area contributed by atoms with Gasteiger partial charge in [0.2, 0.25) is 0 Å². The first-order chi connectivity index (χ1) is 7.29. The third kappa shape index (κ3) is 3.18. The highest BCUT2D eigenvalue weighted by Gasteiger charge is 2.41. The van der Waals surface area contributed by atoms with Gasteiger partial charge >= 0.3 is 0 Å². The minimum Gasteiger partial charge on any atom is -0.350 e. The van der Waals surface area contributed by atoms with Crippen LogP contribution in [0.2, 0.25) is 0 Å². The lowest BCUT2D eigenvalue weighted by Gasteiger charge is -2.43. The zero-order valence-corrected chi connectivity index (χ0v) is 10.6. The molecule has 0 aliphatic carbocycles. The average molecular weight is 214 g/mol. The van der Waals surface area contributed by atoms with Crippen molar-refractivity contribution < 1.29 is 9.47 Å². The molecular formula is C13H26O2. The van der Waals surface area contributed by atoms with Gasteiger partial charge in [0.1, 0.15) is 0 Å². The molecule has 0 aromatic heterocycles. The van der Waals surface area contributed by atoms with Crippen LogP contribution in [-0.2, 0) is 9.47 Å². The summed E-state index contributed by atoms with van der Waals surface area (Å²) in [7, 11) is 0. The van der Waals surface area contributed by atoms with Crippen LogP contribution in [0.4, 0.5) is 0 Å². The maximum Gasteiger partial charge on any atom is 0.171 e. The lowest BCUT2D eigenvalue weighted by molar-refractivity contribution is -0.287. The molecule has 0 spiro atoms. The smallest absolute Gasteiger partial charge is 0.171 e. The Morgan fingerprint density at radius 1 is 1.27 bits per heavy atom. The van der Waals surface area contributed by atoms with E-state index < -0.39 is 0 Å². The Morgan fingerprint density at radius 2 is 2.07 bits per heavy atom. The van der Waals surface area contributed by atoms with Crippen molar-refractivity contribution in [2.24, 2.45) is 5.92 Å². The summed E-state index contributed by atoms with van der Waals surface area (Å²) in [6.45, 7) is 8.16. The summed E-state index contributed by atoms with van der Waals surface area (Å²) in [5.74, 6) is 0.355. The fourth-order valence-corrected chi connectivity index (χ4v) is 2.73. The molecule has 2 nitrogen and oxygen atoms in total. The van der Waals surface area contributed by atoms with Gasteiger partial charge in [-0.15, -0.1) is 0 Å². The minimum atomic E-state index is -0.252. The molecule has 0 aromatic carbocycles. The molecule has 1 aliphatic heterocycles. The Hall–Kier alpha value is -0.0800. The molecule has 2 unspecified atom stereocenters. The second-order valence-electron chi connectivity index (χ2n) is 4.47. The van der Waals surface area contributed by atoms with Crippen LogP contribution in [0, 0.1) is 5.92 Å². The molecule has 2 atom stereocenters. The minimum absolute atomic E-state index is 0.252. The van der Waals surface area contributed by atoms with Gasteiger partial charge in [-0.25, -0.2) is 0 Å². The molecule has 1 rings (SSSR count). The molecule has 0 aromatic rings. The summed E-state index contributed by atoms with van der Waals surface area (Å²) in [6.07, 6.45) is 7.12. The zero-order valence-electron chi connectivity index (χ0n) is 10.6. The van der Waals surface area contributed by atoms with Crippen LogP contribution >= 0.6 is 0 Å². The van der Waals surface area contributed by atoms with Gasteiger partial charge < -0.3 is 9.47 Å². The van der Waals surface area contributed by atoms with E-state index in [1.165, 1.54) is 25.7 Å². The SMILES string of the molecule is CCCC1CCCOC1(CCC)OCC. The third-order valence-corrected chi connectivity index (χ3v) is 3.29. The molecule has 0 radical (unpaired) electrons. The third-order valence-electron chi connectivity index (χ3n) is 3.29. The summed E-state index contributed by atoms with van der Waals surface area (Å²) < 4.78 is 11.9. The Labute approximate surface area is 94.3 Å². The number of ether oxygens (including phenoxy) is 2. The van der Waals surface area contributed by atoms with Crippen molar-refractivity contribution in [1.29, 1.82) is 0 Å². The van der Waals surface area contributed by atoms with Gasteiger partial charge in [0, 0.05) is 18.9 Å². The van der Waals surface area contributed by atoms with E-state index >= 15 is 0 Å². The van der Waals surface area contributed by atoms with Gasteiger partial charge in [-0.05, 0) is 26.2 Å². The number of rotatable bonds is 6. The Morgan fingerprint density at radius 3 is 2.67 bits per heavy atom. The molecule has 1 saturated heterocycles. The van der Waals surface area contributed by atoms with Crippen molar-refractivity contribution in [2.45, 2.75) is 65.1 Å². The van der Waals surface area contributed by atoms with Crippen LogP contribution in [0.3, 0.4) is 0 Å². The zero-order chi connectivity index (χ0) is 11.1. The highest BCUT2D eigenvalue weighted by Crippen LogP contribution is 2.38.